The molecule has 0 heterocycles. The van der Waals surface area contributed by atoms with Gasteiger partial charge in [0.05, 0.1) is 0 Å². The van der Waals surface area contributed by atoms with E-state index in [-0.39, 0.29) is 44.1 Å². The summed E-state index contributed by atoms with van der Waals surface area (Å²) in [5, 5.41) is 7.08. The summed E-state index contributed by atoms with van der Waals surface area (Å²) >= 11 is 3.89. The Kier molecular flexibility index (Phi) is 11.0. The van der Waals surface area contributed by atoms with Crippen molar-refractivity contribution in [3.8, 4) is 0 Å². The molecule has 0 atom stereocenters. The van der Waals surface area contributed by atoms with Crippen molar-refractivity contribution < 1.29 is 65.6 Å². The Morgan fingerprint density at radius 3 is 2.00 bits per heavy atom. The molecule has 2 nitrogen and oxygen atoms in total. The van der Waals surface area contributed by atoms with Crippen molar-refractivity contribution in [2.75, 3.05) is 6.61 Å². The predicted octanol–water partition coefficient (Wildman–Crippen LogP) is -1.21. The van der Waals surface area contributed by atoms with E-state index in [0.717, 1.165) is 0 Å². The van der Waals surface area contributed by atoms with Crippen molar-refractivity contribution in [3.63, 3.8) is 0 Å². The van der Waals surface area contributed by atoms with Crippen molar-refractivity contribution in [2.45, 2.75) is 0 Å². The van der Waals surface area contributed by atoms with Gasteiger partial charge in [-0.25, -0.2) is 4.79 Å². The van der Waals surface area contributed by atoms with Crippen molar-refractivity contribution >= 4 is 5.24 Å². The van der Waals surface area contributed by atoms with Crippen molar-refractivity contribution in [3.05, 3.63) is 0 Å². The Morgan fingerprint density at radius 2 is 2.00 bits per heavy atom. The van der Waals surface area contributed by atoms with Crippen molar-refractivity contribution in [2.24, 2.45) is 0 Å². The van der Waals surface area contributed by atoms with Crippen LogP contribution >= 0.6 is 0 Å². The molecule has 0 aliphatic carbocycles. The van der Waals surface area contributed by atoms with E-state index < -0.39 is 11.8 Å². The smallest absolute Gasteiger partial charge is 0.382 e. The van der Waals surface area contributed by atoms with Crippen molar-refractivity contribution in [1.29, 1.82) is 0 Å². The number of carbonyl (C=O) groups is 1. The average molecular weight is 323 g/mol. The maximum Gasteiger partial charge on any atom is 0.424 e. The van der Waals surface area contributed by atoms with Crippen LogP contribution in [0.5, 0.6) is 0 Å². The van der Waals surface area contributed by atoms with Crippen LogP contribution in [-0.4, -0.2) is 17.0 Å². The second-order valence-corrected chi connectivity index (χ2v) is 0.985. The number of aliphatic hydroxyl groups excluding tert-OH is 1. The third-order valence-electron chi connectivity index (χ3n) is 0.129. The Bertz CT molecular complexity index is 46.8. The number of halogens is 1. The molecular formula is C2H4AcClO2+. The fraction of sp³-hybridized carbons (Fsp3) is 0.500. The molecule has 0 aromatic rings. The third-order valence-corrected chi connectivity index (χ3v) is 0.258. The Balaban J connectivity index is 0. The van der Waals surface area contributed by atoms with Crippen LogP contribution in [-0.2, 0) is 4.79 Å². The van der Waals surface area contributed by atoms with Gasteiger partial charge in [-0.15, -0.1) is 0 Å². The fourth-order valence-electron chi connectivity index (χ4n) is 0. The molecule has 33 valence electrons. The number of hydrogen-bond acceptors (Lipinski definition) is 2. The van der Waals surface area contributed by atoms with Gasteiger partial charge in [-0.1, -0.05) is 0 Å². The van der Waals surface area contributed by atoms with Gasteiger partial charge in [-0.05, 0) is 0 Å². The number of rotatable bonds is 1. The normalized spacial score (nSPS) is 6.33. The Labute approximate surface area is 76.4 Å². The minimum Gasteiger partial charge on any atom is -0.382 e. The first-order valence-corrected chi connectivity index (χ1v) is 1.49. The monoisotopic (exact) mass is 322 g/mol. The molecule has 0 aromatic carbocycles. The summed E-state index contributed by atoms with van der Waals surface area (Å²) in [5.41, 5.74) is 0. The molecule has 0 bridgehead atoms. The van der Waals surface area contributed by atoms with Gasteiger partial charge in [0.15, 0.2) is 18.2 Å². The third kappa shape index (κ3) is 9.03. The summed E-state index contributed by atoms with van der Waals surface area (Å²) in [5.74, 6) is 0. The quantitative estimate of drug-likeness (QED) is 0.615. The molecule has 0 saturated heterocycles. The van der Waals surface area contributed by atoms with Gasteiger partial charge in [0.1, 0.15) is 0 Å². The van der Waals surface area contributed by atoms with Crippen molar-refractivity contribution in [1.82, 2.24) is 0 Å². The number of carbonyl (C=O) groups excluding carboxylic acids is 1. The second-order valence-electron chi connectivity index (χ2n) is 0.530. The second kappa shape index (κ2) is 6.36. The van der Waals surface area contributed by atoms with E-state index in [4.69, 9.17) is 5.11 Å². The molecule has 0 aromatic heterocycles. The minimum absolute atomic E-state index is 0. The molecule has 0 saturated carbocycles. The fourth-order valence-corrected chi connectivity index (χ4v) is 0. The van der Waals surface area contributed by atoms with Gasteiger partial charge in [-0.2, -0.15) is 0 Å². The Morgan fingerprint density at radius 1 is 1.83 bits per heavy atom. The van der Waals surface area contributed by atoms with E-state index in [9.17, 15) is 4.79 Å². The van der Waals surface area contributed by atoms with E-state index in [0.29, 0.717) is 0 Å². The molecule has 0 spiro atoms. The SMILES string of the molecule is O=C([ClH+])CO.[Ac]. The molecule has 1 N–H and O–H groups in total. The van der Waals surface area contributed by atoms with Gasteiger partial charge in [0, 0.05) is 44.1 Å². The van der Waals surface area contributed by atoms with Gasteiger partial charge in [0.2, 0.25) is 0 Å². The maximum absolute atomic E-state index is 9.38. The van der Waals surface area contributed by atoms with E-state index >= 15 is 0 Å². The van der Waals surface area contributed by atoms with Gasteiger partial charge >= 0.3 is 5.24 Å². The van der Waals surface area contributed by atoms with Crippen LogP contribution in [0.4, 0.5) is 0 Å². The molecule has 4 heteroatoms. The van der Waals surface area contributed by atoms with Crippen LogP contribution in [0.25, 0.3) is 0 Å². The summed E-state index contributed by atoms with van der Waals surface area (Å²) < 4.78 is 0. The minimum atomic E-state index is -0.606. The summed E-state index contributed by atoms with van der Waals surface area (Å²) in [4.78, 5) is 9.38. The molecule has 0 rings (SSSR count). The van der Waals surface area contributed by atoms with Crippen LogP contribution in [0.2, 0.25) is 0 Å². The van der Waals surface area contributed by atoms with E-state index in [1.54, 1.807) is 0 Å². The molecule has 0 fully saturated rings. The first kappa shape index (κ1) is 10.4. The molecule has 0 amide bonds. The predicted molar refractivity (Wildman–Crippen MR) is 13.5 cm³/mol. The first-order chi connectivity index (χ1) is 2.27. The van der Waals surface area contributed by atoms with E-state index in [2.05, 4.69) is 11.6 Å². The average Bonchev–Trinajstić information content (AvgIpc) is 1.38. The first-order valence-electron chi connectivity index (χ1n) is 1.08. The molecular weight excluding hydrogens is 318 g/mol. The largest absolute Gasteiger partial charge is 0.424 e. The summed E-state index contributed by atoms with van der Waals surface area (Å²) in [6.45, 7) is -0.519. The Hall–Kier alpha value is 1.36. The number of hydrogen-bond donors (Lipinski definition) is 1. The number of aliphatic hydroxyl groups is 1. The molecule has 1 radical (unpaired) electrons. The van der Waals surface area contributed by atoms with Crippen LogP contribution in [0.1, 0.15) is 0 Å². The molecule has 6 heavy (non-hydrogen) atoms. The van der Waals surface area contributed by atoms with E-state index in [1.165, 1.54) is 0 Å². The zero-order chi connectivity index (χ0) is 4.28. The summed E-state index contributed by atoms with van der Waals surface area (Å²) in [7, 11) is 0. The van der Waals surface area contributed by atoms with E-state index in [1.807, 2.05) is 0 Å². The molecule has 0 aliphatic heterocycles. The zero-order valence-electron chi connectivity index (χ0n) is 3.05. The van der Waals surface area contributed by atoms with Crippen LogP contribution in [0, 0.1) is 55.7 Å². The van der Waals surface area contributed by atoms with Gasteiger partial charge < -0.3 is 5.11 Å². The van der Waals surface area contributed by atoms with Gasteiger partial charge in [0.25, 0.3) is 0 Å². The standard InChI is InChI=1S/C2H4ClO2.Ac/c3-2(5)1-4;/h3-4H,1H2;/q+1;. The topological polar surface area (TPSA) is 37.3 Å². The van der Waals surface area contributed by atoms with Gasteiger partial charge in [-0.3, -0.25) is 0 Å². The molecule has 0 unspecified atom stereocenters. The molecule has 0 aliphatic rings. The maximum atomic E-state index is 9.38. The van der Waals surface area contributed by atoms with Crippen LogP contribution in [0.15, 0.2) is 0 Å². The zero-order valence-corrected chi connectivity index (χ0v) is 8.61. The summed E-state index contributed by atoms with van der Waals surface area (Å²) in [6, 6.07) is 0. The summed E-state index contributed by atoms with van der Waals surface area (Å²) in [6.07, 6.45) is 0. The van der Waals surface area contributed by atoms with Crippen LogP contribution < -0.4 is 0 Å². The van der Waals surface area contributed by atoms with Crippen LogP contribution in [0.3, 0.4) is 0 Å².